The zero-order chi connectivity index (χ0) is 13.3. The van der Waals surface area contributed by atoms with E-state index in [9.17, 15) is 18.3 Å². The van der Waals surface area contributed by atoms with Gasteiger partial charge in [-0.1, -0.05) is 29.8 Å². The molecule has 0 bridgehead atoms. The lowest BCUT2D eigenvalue weighted by molar-refractivity contribution is -0.140. The van der Waals surface area contributed by atoms with Crippen molar-refractivity contribution in [1.82, 2.24) is 0 Å². The molecule has 0 saturated carbocycles. The molecule has 1 heterocycles. The Labute approximate surface area is 107 Å². The maximum Gasteiger partial charge on any atom is 0.311 e. The second kappa shape index (κ2) is 4.72. The molecule has 1 aliphatic rings. The molecule has 1 aromatic rings. The van der Waals surface area contributed by atoms with Crippen LogP contribution in [0.15, 0.2) is 24.3 Å². The molecule has 5 heteroatoms. The van der Waals surface area contributed by atoms with E-state index >= 15 is 0 Å². The molecule has 1 fully saturated rings. The summed E-state index contributed by atoms with van der Waals surface area (Å²) in [7, 11) is -3.05. The number of carboxylic acid groups (broad SMARTS) is 1. The van der Waals surface area contributed by atoms with Crippen molar-refractivity contribution in [2.45, 2.75) is 19.3 Å². The number of sulfone groups is 1. The van der Waals surface area contributed by atoms with Crippen molar-refractivity contribution in [3.05, 3.63) is 35.4 Å². The Morgan fingerprint density at radius 3 is 2.39 bits per heavy atom. The van der Waals surface area contributed by atoms with Crippen molar-refractivity contribution in [2.75, 3.05) is 11.5 Å². The fraction of sp³-hybridized carbons (Fsp3) is 0.462. The largest absolute Gasteiger partial charge is 0.481 e. The van der Waals surface area contributed by atoms with Gasteiger partial charge in [-0.05, 0) is 24.8 Å². The molecule has 4 nitrogen and oxygen atoms in total. The number of carboxylic acids is 1. The van der Waals surface area contributed by atoms with Gasteiger partial charge in [0.1, 0.15) is 0 Å². The van der Waals surface area contributed by atoms with Crippen LogP contribution >= 0.6 is 0 Å². The minimum absolute atomic E-state index is 0.0160. The summed E-state index contributed by atoms with van der Waals surface area (Å²) in [6, 6.07) is 7.27. The van der Waals surface area contributed by atoms with Gasteiger partial charge in [0.25, 0.3) is 0 Å². The number of benzene rings is 1. The zero-order valence-corrected chi connectivity index (χ0v) is 11.0. The van der Waals surface area contributed by atoms with Crippen LogP contribution in [-0.2, 0) is 14.6 Å². The smallest absolute Gasteiger partial charge is 0.311 e. The van der Waals surface area contributed by atoms with E-state index < -0.39 is 21.7 Å². The van der Waals surface area contributed by atoms with Crippen LogP contribution < -0.4 is 0 Å². The Hall–Kier alpha value is -1.36. The zero-order valence-electron chi connectivity index (χ0n) is 10.2. The van der Waals surface area contributed by atoms with Crippen molar-refractivity contribution >= 4 is 15.8 Å². The number of hydrogen-bond donors (Lipinski definition) is 1. The molecule has 2 rings (SSSR count). The molecule has 18 heavy (non-hydrogen) atoms. The Balaban J connectivity index is 2.30. The highest BCUT2D eigenvalue weighted by Crippen LogP contribution is 2.33. The van der Waals surface area contributed by atoms with E-state index in [1.807, 2.05) is 19.1 Å². The van der Waals surface area contributed by atoms with Crippen molar-refractivity contribution in [3.63, 3.8) is 0 Å². The van der Waals surface area contributed by atoms with Crippen LogP contribution in [0.1, 0.15) is 23.5 Å². The number of hydrogen-bond acceptors (Lipinski definition) is 3. The Morgan fingerprint density at radius 2 is 1.94 bits per heavy atom. The van der Waals surface area contributed by atoms with E-state index in [4.69, 9.17) is 0 Å². The molecule has 0 aliphatic carbocycles. The van der Waals surface area contributed by atoms with Gasteiger partial charge in [-0.15, -0.1) is 0 Å². The lowest BCUT2D eigenvalue weighted by atomic mass is 9.85. The molecule has 1 saturated heterocycles. The lowest BCUT2D eigenvalue weighted by Gasteiger charge is -2.18. The monoisotopic (exact) mass is 268 g/mol. The lowest BCUT2D eigenvalue weighted by Crippen LogP contribution is -2.22. The molecule has 1 N–H and O–H groups in total. The van der Waals surface area contributed by atoms with Crippen molar-refractivity contribution in [2.24, 2.45) is 5.92 Å². The quantitative estimate of drug-likeness (QED) is 0.903. The maximum atomic E-state index is 11.5. The topological polar surface area (TPSA) is 71.4 Å². The van der Waals surface area contributed by atoms with Crippen LogP contribution in [0.5, 0.6) is 0 Å². The van der Waals surface area contributed by atoms with Gasteiger partial charge >= 0.3 is 5.97 Å². The summed E-state index contributed by atoms with van der Waals surface area (Å²) >= 11 is 0. The minimum Gasteiger partial charge on any atom is -0.481 e. The first-order valence-corrected chi connectivity index (χ1v) is 7.71. The van der Waals surface area contributed by atoms with Crippen LogP contribution in [0, 0.1) is 12.8 Å². The molecule has 0 amide bonds. The molecule has 2 atom stereocenters. The van der Waals surface area contributed by atoms with Crippen LogP contribution in [0.3, 0.4) is 0 Å². The summed E-state index contributed by atoms with van der Waals surface area (Å²) in [5.41, 5.74) is 1.75. The van der Waals surface area contributed by atoms with Gasteiger partial charge in [-0.25, -0.2) is 8.42 Å². The first-order valence-electron chi connectivity index (χ1n) is 5.89. The SMILES string of the molecule is Cc1ccc(C(C(=O)O)C2CCS(=O)(=O)C2)cc1. The van der Waals surface area contributed by atoms with E-state index in [0.717, 1.165) is 5.56 Å². The summed E-state index contributed by atoms with van der Waals surface area (Å²) < 4.78 is 22.9. The molecule has 0 radical (unpaired) electrons. The van der Waals surface area contributed by atoms with Gasteiger partial charge in [0.15, 0.2) is 9.84 Å². The molecular formula is C13H16O4S. The average Bonchev–Trinajstić information content (AvgIpc) is 2.61. The summed E-state index contributed by atoms with van der Waals surface area (Å²) in [5.74, 6) is -1.88. The van der Waals surface area contributed by atoms with E-state index in [0.29, 0.717) is 12.0 Å². The van der Waals surface area contributed by atoms with Gasteiger partial charge in [0.05, 0.1) is 17.4 Å². The van der Waals surface area contributed by atoms with Gasteiger partial charge in [-0.2, -0.15) is 0 Å². The molecule has 2 unspecified atom stereocenters. The van der Waals surface area contributed by atoms with Crippen molar-refractivity contribution in [1.29, 1.82) is 0 Å². The van der Waals surface area contributed by atoms with E-state index in [1.54, 1.807) is 12.1 Å². The fourth-order valence-electron chi connectivity index (χ4n) is 2.48. The third kappa shape index (κ3) is 2.72. The Bertz CT molecular complexity index is 545. The highest BCUT2D eigenvalue weighted by molar-refractivity contribution is 7.91. The predicted molar refractivity (Wildman–Crippen MR) is 68.3 cm³/mol. The second-order valence-corrected chi connectivity index (χ2v) is 7.12. The van der Waals surface area contributed by atoms with E-state index in [2.05, 4.69) is 0 Å². The average molecular weight is 268 g/mol. The predicted octanol–water partition coefficient (Wildman–Crippen LogP) is 1.60. The second-order valence-electron chi connectivity index (χ2n) is 4.89. The van der Waals surface area contributed by atoms with Crippen molar-refractivity contribution in [3.8, 4) is 0 Å². The van der Waals surface area contributed by atoms with Gasteiger partial charge in [0, 0.05) is 0 Å². The summed E-state index contributed by atoms with van der Waals surface area (Å²) in [5, 5.41) is 9.33. The molecule has 1 aliphatic heterocycles. The number of rotatable bonds is 3. The highest BCUT2D eigenvalue weighted by atomic mass is 32.2. The Morgan fingerprint density at radius 1 is 1.33 bits per heavy atom. The van der Waals surface area contributed by atoms with E-state index in [1.165, 1.54) is 0 Å². The molecule has 98 valence electrons. The van der Waals surface area contributed by atoms with Crippen LogP contribution in [0.2, 0.25) is 0 Å². The normalized spacial score (nSPS) is 23.7. The van der Waals surface area contributed by atoms with Crippen LogP contribution in [0.4, 0.5) is 0 Å². The molecule has 1 aromatic carbocycles. The summed E-state index contributed by atoms with van der Waals surface area (Å²) in [4.78, 5) is 11.4. The number of aliphatic carboxylic acids is 1. The van der Waals surface area contributed by atoms with Crippen LogP contribution in [0.25, 0.3) is 0 Å². The minimum atomic E-state index is -3.05. The third-order valence-electron chi connectivity index (χ3n) is 3.44. The highest BCUT2D eigenvalue weighted by Gasteiger charge is 2.38. The Kier molecular flexibility index (Phi) is 3.43. The first kappa shape index (κ1) is 13.1. The van der Waals surface area contributed by atoms with Gasteiger partial charge in [-0.3, -0.25) is 4.79 Å². The molecule has 0 spiro atoms. The van der Waals surface area contributed by atoms with E-state index in [-0.39, 0.29) is 17.4 Å². The number of aryl methyl sites for hydroxylation is 1. The first-order chi connectivity index (χ1) is 8.39. The number of carbonyl (C=O) groups is 1. The fourth-order valence-corrected chi connectivity index (χ4v) is 4.32. The van der Waals surface area contributed by atoms with Crippen molar-refractivity contribution < 1.29 is 18.3 Å². The standard InChI is InChI=1S/C13H16O4S/c1-9-2-4-10(5-3-9)12(13(14)15)11-6-7-18(16,17)8-11/h2-5,11-12H,6-8H2,1H3,(H,14,15). The summed E-state index contributed by atoms with van der Waals surface area (Å²) in [6.07, 6.45) is 0.438. The van der Waals surface area contributed by atoms with Gasteiger partial charge in [0.2, 0.25) is 0 Å². The molecule has 0 aromatic heterocycles. The molecular weight excluding hydrogens is 252 g/mol. The maximum absolute atomic E-state index is 11.5. The van der Waals surface area contributed by atoms with Gasteiger partial charge < -0.3 is 5.11 Å². The third-order valence-corrected chi connectivity index (χ3v) is 5.24. The summed E-state index contributed by atoms with van der Waals surface area (Å²) in [6.45, 7) is 1.93. The van der Waals surface area contributed by atoms with Crippen LogP contribution in [-0.4, -0.2) is 31.0 Å².